The third-order valence-corrected chi connectivity index (χ3v) is 6.25. The van der Waals surface area contributed by atoms with Crippen LogP contribution in [0.3, 0.4) is 0 Å². The molecular formula is C23H19F4N7. The Morgan fingerprint density at radius 2 is 1.85 bits per heavy atom. The van der Waals surface area contributed by atoms with Crippen molar-refractivity contribution in [3.05, 3.63) is 65.6 Å². The summed E-state index contributed by atoms with van der Waals surface area (Å²) in [5.74, 6) is -0.738. The molecular weight excluding hydrogens is 450 g/mol. The lowest BCUT2D eigenvalue weighted by Gasteiger charge is -2.33. The minimum Gasteiger partial charge on any atom is -0.351 e. The molecule has 174 valence electrons. The number of fused-ring (bicyclic) bond motifs is 3. The molecule has 2 aliphatic heterocycles. The summed E-state index contributed by atoms with van der Waals surface area (Å²) >= 11 is 0. The van der Waals surface area contributed by atoms with E-state index >= 15 is 0 Å². The minimum absolute atomic E-state index is 0.0537. The molecule has 0 amide bonds. The lowest BCUT2D eigenvalue weighted by Crippen LogP contribution is -2.33. The molecule has 7 nitrogen and oxygen atoms in total. The number of aryl methyl sites for hydroxylation is 1. The Hall–Kier alpha value is -3.76. The zero-order valence-electron chi connectivity index (χ0n) is 17.9. The average molecular weight is 469 g/mol. The van der Waals surface area contributed by atoms with Crippen molar-refractivity contribution in [1.82, 2.24) is 24.7 Å². The number of pyridine rings is 1. The van der Waals surface area contributed by atoms with E-state index in [1.807, 2.05) is 23.0 Å². The normalized spacial score (nSPS) is 16.0. The molecule has 0 unspecified atom stereocenters. The largest absolute Gasteiger partial charge is 0.451 e. The van der Waals surface area contributed by atoms with Crippen LogP contribution >= 0.6 is 0 Å². The smallest absolute Gasteiger partial charge is 0.351 e. The zero-order chi connectivity index (χ0) is 23.4. The number of hydrogen-bond donors (Lipinski definition) is 0. The van der Waals surface area contributed by atoms with Crippen molar-refractivity contribution in [1.29, 1.82) is 0 Å². The van der Waals surface area contributed by atoms with E-state index < -0.39 is 17.8 Å². The van der Waals surface area contributed by atoms with Crippen LogP contribution in [0.5, 0.6) is 0 Å². The zero-order valence-corrected chi connectivity index (χ0v) is 17.9. The monoisotopic (exact) mass is 469 g/mol. The fourth-order valence-electron chi connectivity index (χ4n) is 4.68. The van der Waals surface area contributed by atoms with Gasteiger partial charge in [-0.25, -0.2) is 19.0 Å². The predicted octanol–water partition coefficient (Wildman–Crippen LogP) is 4.48. The SMILES string of the molecule is Fc1ccc2nc(C(F)(F)F)nc(N3CCc4ncc(N5CCCn6nccc65)cc4C3)c2c1. The number of alkyl halides is 3. The summed E-state index contributed by atoms with van der Waals surface area (Å²) in [4.78, 5) is 16.0. The molecule has 4 aromatic rings. The van der Waals surface area contributed by atoms with Crippen molar-refractivity contribution >= 4 is 28.2 Å². The quantitative estimate of drug-likeness (QED) is 0.404. The van der Waals surface area contributed by atoms with Crippen LogP contribution in [0.15, 0.2) is 42.7 Å². The number of rotatable bonds is 2. The minimum atomic E-state index is -4.71. The van der Waals surface area contributed by atoms with Gasteiger partial charge in [0.2, 0.25) is 5.82 Å². The van der Waals surface area contributed by atoms with Crippen molar-refractivity contribution in [2.45, 2.75) is 32.1 Å². The van der Waals surface area contributed by atoms with E-state index in [4.69, 9.17) is 0 Å². The number of nitrogens with zero attached hydrogens (tertiary/aromatic N) is 7. The van der Waals surface area contributed by atoms with Gasteiger partial charge in [0.05, 0.1) is 23.6 Å². The van der Waals surface area contributed by atoms with E-state index in [0.717, 1.165) is 48.3 Å². The molecule has 0 atom stereocenters. The predicted molar refractivity (Wildman–Crippen MR) is 117 cm³/mol. The number of benzene rings is 1. The fourth-order valence-corrected chi connectivity index (χ4v) is 4.68. The first-order valence-electron chi connectivity index (χ1n) is 10.9. The van der Waals surface area contributed by atoms with Gasteiger partial charge in [0.1, 0.15) is 17.5 Å². The third kappa shape index (κ3) is 3.51. The Bertz CT molecular complexity index is 1400. The van der Waals surface area contributed by atoms with Crippen LogP contribution in [0.25, 0.3) is 10.9 Å². The second-order valence-corrected chi connectivity index (χ2v) is 8.42. The Morgan fingerprint density at radius 1 is 0.971 bits per heavy atom. The summed E-state index contributed by atoms with van der Waals surface area (Å²) < 4.78 is 56.4. The topological polar surface area (TPSA) is 63.0 Å². The van der Waals surface area contributed by atoms with E-state index in [1.54, 1.807) is 11.1 Å². The Labute approximate surface area is 191 Å². The molecule has 2 aliphatic rings. The highest BCUT2D eigenvalue weighted by Gasteiger charge is 2.36. The van der Waals surface area contributed by atoms with Crippen molar-refractivity contribution in [3.63, 3.8) is 0 Å². The Kier molecular flexibility index (Phi) is 4.68. The second-order valence-electron chi connectivity index (χ2n) is 8.42. The van der Waals surface area contributed by atoms with Gasteiger partial charge < -0.3 is 9.80 Å². The molecule has 0 radical (unpaired) electrons. The summed E-state index contributed by atoms with van der Waals surface area (Å²) in [5.41, 5.74) is 2.75. The van der Waals surface area contributed by atoms with Crippen LogP contribution in [-0.2, 0) is 25.7 Å². The maximum atomic E-state index is 14.0. The van der Waals surface area contributed by atoms with Crippen LogP contribution in [0, 0.1) is 5.82 Å². The number of aromatic nitrogens is 5. The molecule has 6 rings (SSSR count). The molecule has 1 aromatic carbocycles. The highest BCUT2D eigenvalue weighted by Crippen LogP contribution is 2.35. The third-order valence-electron chi connectivity index (χ3n) is 6.25. The van der Waals surface area contributed by atoms with Crippen LogP contribution in [0.1, 0.15) is 23.5 Å². The highest BCUT2D eigenvalue weighted by molar-refractivity contribution is 5.89. The van der Waals surface area contributed by atoms with Gasteiger partial charge in [-0.3, -0.25) is 4.98 Å². The molecule has 0 fully saturated rings. The van der Waals surface area contributed by atoms with Gasteiger partial charge in [-0.05, 0) is 36.2 Å². The van der Waals surface area contributed by atoms with E-state index in [-0.39, 0.29) is 16.7 Å². The van der Waals surface area contributed by atoms with E-state index in [0.29, 0.717) is 19.5 Å². The van der Waals surface area contributed by atoms with Gasteiger partial charge in [0.25, 0.3) is 0 Å². The summed E-state index contributed by atoms with van der Waals surface area (Å²) in [6, 6.07) is 7.51. The van der Waals surface area contributed by atoms with Gasteiger partial charge in [0.15, 0.2) is 0 Å². The first-order valence-corrected chi connectivity index (χ1v) is 10.9. The molecule has 0 spiro atoms. The molecule has 0 bridgehead atoms. The Morgan fingerprint density at radius 3 is 2.71 bits per heavy atom. The lowest BCUT2D eigenvalue weighted by molar-refractivity contribution is -0.144. The van der Waals surface area contributed by atoms with Gasteiger partial charge in [-0.2, -0.15) is 18.3 Å². The van der Waals surface area contributed by atoms with Crippen molar-refractivity contribution < 1.29 is 17.6 Å². The Balaban J connectivity index is 1.40. The van der Waals surface area contributed by atoms with Crippen LogP contribution in [0.4, 0.5) is 34.9 Å². The van der Waals surface area contributed by atoms with Crippen LogP contribution in [-0.4, -0.2) is 37.8 Å². The van der Waals surface area contributed by atoms with E-state index in [1.165, 1.54) is 12.1 Å². The average Bonchev–Trinajstić information content (AvgIpc) is 3.31. The number of hydrogen-bond acceptors (Lipinski definition) is 6. The molecule has 34 heavy (non-hydrogen) atoms. The van der Waals surface area contributed by atoms with Gasteiger partial charge >= 0.3 is 6.18 Å². The summed E-state index contributed by atoms with van der Waals surface area (Å²) in [6.07, 6.45) is 0.358. The highest BCUT2D eigenvalue weighted by atomic mass is 19.4. The molecule has 0 aliphatic carbocycles. The second kappa shape index (κ2) is 7.64. The summed E-state index contributed by atoms with van der Waals surface area (Å²) in [6.45, 7) is 2.39. The first kappa shape index (κ1) is 20.8. The van der Waals surface area contributed by atoms with Gasteiger partial charge in [0, 0.05) is 49.7 Å². The van der Waals surface area contributed by atoms with Crippen molar-refractivity contribution in [3.8, 4) is 0 Å². The van der Waals surface area contributed by atoms with E-state index in [2.05, 4.69) is 25.0 Å². The maximum Gasteiger partial charge on any atom is 0.451 e. The lowest BCUT2D eigenvalue weighted by atomic mass is 10.0. The molecule has 0 saturated heterocycles. The molecule has 5 heterocycles. The van der Waals surface area contributed by atoms with Crippen molar-refractivity contribution in [2.24, 2.45) is 0 Å². The summed E-state index contributed by atoms with van der Waals surface area (Å²) in [5, 5.41) is 4.60. The molecule has 0 saturated carbocycles. The standard InChI is InChI=1S/C23H19F4N7/c24-15-2-3-19-17(11-15)21(31-22(30-19)23(25,26)27)32-9-5-18-14(13-32)10-16(12-28-18)33-7-1-8-34-20(33)4-6-29-34/h2-4,6,10-12H,1,5,7-9,13H2. The molecule has 3 aromatic heterocycles. The van der Waals surface area contributed by atoms with Gasteiger partial charge in [-0.15, -0.1) is 0 Å². The van der Waals surface area contributed by atoms with E-state index in [9.17, 15) is 17.6 Å². The number of anilines is 3. The fraction of sp³-hybridized carbons (Fsp3) is 0.304. The van der Waals surface area contributed by atoms with Gasteiger partial charge in [-0.1, -0.05) is 0 Å². The molecule has 0 N–H and O–H groups in total. The maximum absolute atomic E-state index is 14.0. The van der Waals surface area contributed by atoms with Crippen molar-refractivity contribution in [2.75, 3.05) is 22.9 Å². The molecule has 11 heteroatoms. The first-order chi connectivity index (χ1) is 16.4. The van der Waals surface area contributed by atoms with Crippen LogP contribution in [0.2, 0.25) is 0 Å². The van der Waals surface area contributed by atoms with Crippen LogP contribution < -0.4 is 9.80 Å². The number of halogens is 4. The summed E-state index contributed by atoms with van der Waals surface area (Å²) in [7, 11) is 0.